The van der Waals surface area contributed by atoms with Crippen LogP contribution in [-0.4, -0.2) is 16.2 Å². The number of nitrogens with zero attached hydrogens (tertiary/aromatic N) is 1. The van der Waals surface area contributed by atoms with Gasteiger partial charge in [-0.05, 0) is 12.5 Å². The Kier molecular flexibility index (Phi) is 2.93. The summed E-state index contributed by atoms with van der Waals surface area (Å²) in [6, 6.07) is 4.02. The summed E-state index contributed by atoms with van der Waals surface area (Å²) in [4.78, 5) is 0. The average Bonchev–Trinajstić information content (AvgIpc) is 2.72. The Morgan fingerprint density at radius 1 is 1.40 bits per heavy atom. The number of aromatic hydroxyl groups is 1. The third-order valence-electron chi connectivity index (χ3n) is 3.88. The highest BCUT2D eigenvalue weighted by molar-refractivity contribution is 5.94. The summed E-state index contributed by atoms with van der Waals surface area (Å²) in [5, 5.41) is 13.9. The number of alkyl halides is 3. The van der Waals surface area contributed by atoms with E-state index in [9.17, 15) is 18.3 Å². The van der Waals surface area contributed by atoms with Gasteiger partial charge >= 0.3 is 6.18 Å². The van der Waals surface area contributed by atoms with Crippen molar-refractivity contribution in [2.24, 2.45) is 0 Å². The van der Waals surface area contributed by atoms with Gasteiger partial charge in [-0.25, -0.2) is 0 Å². The van der Waals surface area contributed by atoms with Gasteiger partial charge in [-0.3, -0.25) is 0 Å². The van der Waals surface area contributed by atoms with Crippen molar-refractivity contribution in [3.63, 3.8) is 0 Å². The highest BCUT2D eigenvalue weighted by Crippen LogP contribution is 2.44. The molecule has 0 radical (unpaired) electrons. The van der Waals surface area contributed by atoms with Crippen LogP contribution in [0, 0.1) is 0 Å². The predicted octanol–water partition coefficient (Wildman–Crippen LogP) is 3.42. The molecular weight excluding hydrogens is 269 g/mol. The molecule has 1 aromatic carbocycles. The number of nitrogens with one attached hydrogen (secondary N) is 1. The van der Waals surface area contributed by atoms with Gasteiger partial charge in [0.2, 0.25) is 0 Å². The molecule has 0 bridgehead atoms. The van der Waals surface area contributed by atoms with Crippen LogP contribution in [0.25, 0.3) is 10.8 Å². The lowest BCUT2D eigenvalue weighted by molar-refractivity contribution is -0.136. The molecule has 3 rings (SSSR count). The second kappa shape index (κ2) is 4.41. The molecule has 2 heterocycles. The molecule has 1 aliphatic heterocycles. The minimum atomic E-state index is -4.47. The lowest BCUT2D eigenvalue weighted by atomic mass is 10.0. The van der Waals surface area contributed by atoms with Crippen LogP contribution in [0.15, 0.2) is 18.2 Å². The van der Waals surface area contributed by atoms with E-state index < -0.39 is 11.7 Å². The van der Waals surface area contributed by atoms with Crippen LogP contribution in [0.4, 0.5) is 13.2 Å². The van der Waals surface area contributed by atoms with Crippen molar-refractivity contribution in [2.45, 2.75) is 32.1 Å². The average molecular weight is 284 g/mol. The molecule has 0 aliphatic carbocycles. The van der Waals surface area contributed by atoms with E-state index in [1.165, 1.54) is 6.07 Å². The summed E-state index contributed by atoms with van der Waals surface area (Å²) >= 11 is 0. The third kappa shape index (κ3) is 1.78. The Hall–Kier alpha value is -1.69. The molecule has 1 atom stereocenters. The highest BCUT2D eigenvalue weighted by atomic mass is 19.4. The van der Waals surface area contributed by atoms with E-state index >= 15 is 0 Å². The third-order valence-corrected chi connectivity index (χ3v) is 3.88. The van der Waals surface area contributed by atoms with Crippen molar-refractivity contribution in [1.29, 1.82) is 0 Å². The Morgan fingerprint density at radius 2 is 2.15 bits per heavy atom. The molecule has 108 valence electrons. The fourth-order valence-electron chi connectivity index (χ4n) is 3.02. The van der Waals surface area contributed by atoms with Crippen molar-refractivity contribution < 1.29 is 18.3 Å². The van der Waals surface area contributed by atoms with Gasteiger partial charge in [-0.15, -0.1) is 0 Å². The summed E-state index contributed by atoms with van der Waals surface area (Å²) in [6.45, 7) is 3.09. The van der Waals surface area contributed by atoms with Crippen LogP contribution in [0.3, 0.4) is 0 Å². The van der Waals surface area contributed by atoms with Crippen LogP contribution in [-0.2, 0) is 12.7 Å². The molecule has 1 aliphatic rings. The van der Waals surface area contributed by atoms with Crippen LogP contribution in [0.1, 0.15) is 30.6 Å². The standard InChI is InChI=1S/C14H15F3N2O/c1-2-10-12-8-4-3-5-9(14(15,16)17)11(8)13(20)19(12)7-6-18-10/h3-5,10,18,20H,2,6-7H2,1H3/t10-/m1/s1. The van der Waals surface area contributed by atoms with E-state index in [1.54, 1.807) is 10.6 Å². The summed E-state index contributed by atoms with van der Waals surface area (Å²) in [5.74, 6) is -0.275. The highest BCUT2D eigenvalue weighted by Gasteiger charge is 2.36. The summed E-state index contributed by atoms with van der Waals surface area (Å²) in [5.41, 5.74) is -0.0263. The number of benzene rings is 1. The molecule has 0 spiro atoms. The zero-order valence-corrected chi connectivity index (χ0v) is 11.0. The van der Waals surface area contributed by atoms with Crippen molar-refractivity contribution >= 4 is 10.8 Å². The lowest BCUT2D eigenvalue weighted by Crippen LogP contribution is -2.32. The quantitative estimate of drug-likeness (QED) is 0.842. The molecule has 0 unspecified atom stereocenters. The first-order valence-corrected chi connectivity index (χ1v) is 6.59. The largest absolute Gasteiger partial charge is 0.494 e. The fourth-order valence-corrected chi connectivity index (χ4v) is 3.02. The number of hydrogen-bond donors (Lipinski definition) is 2. The maximum atomic E-state index is 13.1. The first kappa shape index (κ1) is 13.3. The number of fused-ring (bicyclic) bond motifs is 3. The monoisotopic (exact) mass is 284 g/mol. The molecule has 0 saturated heterocycles. The van der Waals surface area contributed by atoms with E-state index in [1.807, 2.05) is 6.92 Å². The smallest absolute Gasteiger partial charge is 0.417 e. The molecule has 0 saturated carbocycles. The molecule has 1 aromatic heterocycles. The summed E-state index contributed by atoms with van der Waals surface area (Å²) in [6.07, 6.45) is -3.71. The zero-order valence-electron chi connectivity index (χ0n) is 11.0. The Labute approximate surface area is 114 Å². The van der Waals surface area contributed by atoms with E-state index in [-0.39, 0.29) is 17.3 Å². The number of rotatable bonds is 1. The van der Waals surface area contributed by atoms with E-state index in [2.05, 4.69) is 5.32 Å². The number of aromatic nitrogens is 1. The van der Waals surface area contributed by atoms with Crippen molar-refractivity contribution in [2.75, 3.05) is 6.54 Å². The van der Waals surface area contributed by atoms with Gasteiger partial charge in [0.15, 0.2) is 5.88 Å². The van der Waals surface area contributed by atoms with E-state index in [0.717, 1.165) is 18.2 Å². The fraction of sp³-hybridized carbons (Fsp3) is 0.429. The normalized spacial score (nSPS) is 19.3. The van der Waals surface area contributed by atoms with Gasteiger partial charge in [0, 0.05) is 30.2 Å². The first-order chi connectivity index (χ1) is 9.45. The van der Waals surface area contributed by atoms with Gasteiger partial charge < -0.3 is 15.0 Å². The Bertz CT molecular complexity index is 660. The summed E-state index contributed by atoms with van der Waals surface area (Å²) < 4.78 is 40.9. The Balaban J connectivity index is 2.37. The van der Waals surface area contributed by atoms with Gasteiger partial charge in [0.1, 0.15) is 0 Å². The van der Waals surface area contributed by atoms with Crippen LogP contribution >= 0.6 is 0 Å². The summed E-state index contributed by atoms with van der Waals surface area (Å²) in [7, 11) is 0. The molecule has 6 heteroatoms. The van der Waals surface area contributed by atoms with Crippen molar-refractivity contribution in [3.8, 4) is 5.88 Å². The molecule has 3 nitrogen and oxygen atoms in total. The topological polar surface area (TPSA) is 37.2 Å². The molecule has 2 aromatic rings. The van der Waals surface area contributed by atoms with Gasteiger partial charge in [-0.2, -0.15) is 13.2 Å². The zero-order chi connectivity index (χ0) is 14.5. The first-order valence-electron chi connectivity index (χ1n) is 6.59. The van der Waals surface area contributed by atoms with Gasteiger partial charge in [0.25, 0.3) is 0 Å². The van der Waals surface area contributed by atoms with Gasteiger partial charge in [0.05, 0.1) is 10.9 Å². The second-order valence-electron chi connectivity index (χ2n) is 5.00. The molecular formula is C14H15F3N2O. The molecule has 0 amide bonds. The second-order valence-corrected chi connectivity index (χ2v) is 5.00. The van der Waals surface area contributed by atoms with Crippen LogP contribution < -0.4 is 5.32 Å². The van der Waals surface area contributed by atoms with E-state index in [4.69, 9.17) is 0 Å². The number of halogens is 3. The van der Waals surface area contributed by atoms with Crippen LogP contribution in [0.2, 0.25) is 0 Å². The maximum absolute atomic E-state index is 13.1. The van der Waals surface area contributed by atoms with Crippen LogP contribution in [0.5, 0.6) is 5.88 Å². The molecule has 0 fully saturated rings. The predicted molar refractivity (Wildman–Crippen MR) is 69.6 cm³/mol. The van der Waals surface area contributed by atoms with Gasteiger partial charge in [-0.1, -0.05) is 19.1 Å². The SMILES string of the molecule is CC[C@H]1NCCn2c1c1cccc(C(F)(F)F)c1c2O. The maximum Gasteiger partial charge on any atom is 0.417 e. The minimum absolute atomic E-state index is 0.0318. The number of hydrogen-bond acceptors (Lipinski definition) is 2. The lowest BCUT2D eigenvalue weighted by Gasteiger charge is -2.26. The van der Waals surface area contributed by atoms with Crippen molar-refractivity contribution in [3.05, 3.63) is 29.5 Å². The van der Waals surface area contributed by atoms with E-state index in [0.29, 0.717) is 18.5 Å². The van der Waals surface area contributed by atoms with Crippen molar-refractivity contribution in [1.82, 2.24) is 9.88 Å². The molecule has 2 N–H and O–H groups in total. The minimum Gasteiger partial charge on any atom is -0.494 e. The molecule has 20 heavy (non-hydrogen) atoms. The Morgan fingerprint density at radius 3 is 2.80 bits per heavy atom.